The van der Waals surface area contributed by atoms with E-state index in [2.05, 4.69) is 104 Å². The lowest BCUT2D eigenvalue weighted by Gasteiger charge is -2.32. The molecule has 0 radical (unpaired) electrons. The lowest BCUT2D eigenvalue weighted by Crippen LogP contribution is -2.15. The van der Waals surface area contributed by atoms with Gasteiger partial charge in [0.15, 0.2) is 0 Å². The molecule has 0 aliphatic heterocycles. The lowest BCUT2D eigenvalue weighted by molar-refractivity contribution is 1.13. The molecule has 1 nitrogen and oxygen atoms in total. The van der Waals surface area contributed by atoms with Crippen molar-refractivity contribution in [3.63, 3.8) is 0 Å². The monoisotopic (exact) mass is 371 g/mol. The smallest absolute Gasteiger partial charge is 0.0525 e. The number of anilines is 3. The van der Waals surface area contributed by atoms with Crippen molar-refractivity contribution in [1.82, 2.24) is 0 Å². The minimum atomic E-state index is 1.22. The molecule has 0 fully saturated rings. The number of hydrogen-bond donors (Lipinski definition) is 0. The highest BCUT2D eigenvalue weighted by Gasteiger charge is 2.21. The second-order valence-corrected chi connectivity index (χ2v) is 8.35. The average molecular weight is 372 g/mol. The number of rotatable bonds is 3. The van der Waals surface area contributed by atoms with Gasteiger partial charge in [-0.3, -0.25) is 0 Å². The van der Waals surface area contributed by atoms with Crippen LogP contribution in [0.25, 0.3) is 0 Å². The van der Waals surface area contributed by atoms with Gasteiger partial charge in [0.2, 0.25) is 0 Å². The molecule has 0 bridgehead atoms. The zero-order valence-corrected chi connectivity index (χ0v) is 18.9. The summed E-state index contributed by atoms with van der Waals surface area (Å²) in [7, 11) is 0. The summed E-state index contributed by atoms with van der Waals surface area (Å²) in [5.41, 5.74) is 15.9. The molecule has 3 aromatic rings. The van der Waals surface area contributed by atoms with Crippen LogP contribution in [-0.4, -0.2) is 0 Å². The molecule has 0 saturated carbocycles. The van der Waals surface area contributed by atoms with Crippen molar-refractivity contribution in [2.24, 2.45) is 0 Å². The molecule has 0 amide bonds. The minimum Gasteiger partial charge on any atom is -0.310 e. The first-order valence-electron chi connectivity index (χ1n) is 10.1. The predicted molar refractivity (Wildman–Crippen MR) is 124 cm³/mol. The van der Waals surface area contributed by atoms with Crippen LogP contribution in [-0.2, 0) is 0 Å². The van der Waals surface area contributed by atoms with Gasteiger partial charge in [0.25, 0.3) is 0 Å². The Kier molecular flexibility index (Phi) is 5.39. The molecule has 0 saturated heterocycles. The molecular weight excluding hydrogens is 338 g/mol. The fraction of sp³-hybridized carbons (Fsp3) is 0.333. The van der Waals surface area contributed by atoms with Gasteiger partial charge in [-0.25, -0.2) is 0 Å². The van der Waals surface area contributed by atoms with Crippen LogP contribution in [0.2, 0.25) is 0 Å². The van der Waals surface area contributed by atoms with Crippen molar-refractivity contribution >= 4 is 17.1 Å². The van der Waals surface area contributed by atoms with Crippen molar-refractivity contribution < 1.29 is 0 Å². The van der Waals surface area contributed by atoms with Crippen molar-refractivity contribution in [2.75, 3.05) is 4.90 Å². The SMILES string of the molecule is Cc1ccc(N(c2ccc(C)c(C)c2)c2c(C)c(C)c(C)c(C)c2C)cc1C. The first kappa shape index (κ1) is 20.2. The zero-order valence-electron chi connectivity index (χ0n) is 18.9. The average Bonchev–Trinajstić information content (AvgIpc) is 2.67. The fourth-order valence-corrected chi connectivity index (χ4v) is 3.95. The van der Waals surface area contributed by atoms with Crippen LogP contribution in [0.3, 0.4) is 0 Å². The van der Waals surface area contributed by atoms with Crippen molar-refractivity contribution in [3.8, 4) is 0 Å². The van der Waals surface area contributed by atoms with Gasteiger partial charge in [-0.05, 0) is 137 Å². The molecule has 146 valence electrons. The van der Waals surface area contributed by atoms with Crippen LogP contribution in [0.15, 0.2) is 36.4 Å². The highest BCUT2D eigenvalue weighted by atomic mass is 15.1. The third-order valence-electron chi connectivity index (χ3n) is 6.68. The van der Waals surface area contributed by atoms with E-state index in [1.54, 1.807) is 0 Å². The molecule has 0 heterocycles. The van der Waals surface area contributed by atoms with Gasteiger partial charge >= 0.3 is 0 Å². The van der Waals surface area contributed by atoms with Crippen molar-refractivity contribution in [2.45, 2.75) is 62.3 Å². The molecule has 1 heteroatoms. The third-order valence-corrected chi connectivity index (χ3v) is 6.68. The summed E-state index contributed by atoms with van der Waals surface area (Å²) in [5, 5.41) is 0. The number of aryl methyl sites for hydroxylation is 4. The molecule has 0 aliphatic rings. The van der Waals surface area contributed by atoms with E-state index in [9.17, 15) is 0 Å². The number of nitrogens with zero attached hydrogens (tertiary/aromatic N) is 1. The van der Waals surface area contributed by atoms with Crippen LogP contribution in [0, 0.1) is 62.3 Å². The Hall–Kier alpha value is -2.54. The van der Waals surface area contributed by atoms with Gasteiger partial charge in [-0.1, -0.05) is 12.1 Å². The molecule has 0 N–H and O–H groups in total. The first-order valence-corrected chi connectivity index (χ1v) is 10.1. The molecule has 3 rings (SSSR count). The van der Waals surface area contributed by atoms with Crippen LogP contribution in [0.1, 0.15) is 50.1 Å². The van der Waals surface area contributed by atoms with E-state index < -0.39 is 0 Å². The summed E-state index contributed by atoms with van der Waals surface area (Å²) in [6, 6.07) is 13.6. The Morgan fingerprint density at radius 1 is 0.429 bits per heavy atom. The molecule has 0 spiro atoms. The van der Waals surface area contributed by atoms with Crippen LogP contribution >= 0.6 is 0 Å². The van der Waals surface area contributed by atoms with Gasteiger partial charge in [0.1, 0.15) is 0 Å². The van der Waals surface area contributed by atoms with E-state index in [0.717, 1.165) is 0 Å². The molecule has 3 aromatic carbocycles. The Labute approximate surface area is 171 Å². The van der Waals surface area contributed by atoms with Gasteiger partial charge in [-0.2, -0.15) is 0 Å². The maximum absolute atomic E-state index is 2.45. The van der Waals surface area contributed by atoms with Crippen LogP contribution < -0.4 is 4.90 Å². The highest BCUT2D eigenvalue weighted by Crippen LogP contribution is 2.42. The third kappa shape index (κ3) is 3.35. The summed E-state index contributed by atoms with van der Waals surface area (Å²) >= 11 is 0. The molecule has 0 aliphatic carbocycles. The van der Waals surface area contributed by atoms with Crippen LogP contribution in [0.5, 0.6) is 0 Å². The first-order chi connectivity index (χ1) is 13.1. The number of benzene rings is 3. The lowest BCUT2D eigenvalue weighted by atomic mass is 9.91. The molecule has 0 aromatic heterocycles. The largest absolute Gasteiger partial charge is 0.310 e. The van der Waals surface area contributed by atoms with E-state index in [1.165, 1.54) is 67.1 Å². The highest BCUT2D eigenvalue weighted by molar-refractivity contribution is 5.83. The predicted octanol–water partition coefficient (Wildman–Crippen LogP) is 7.93. The van der Waals surface area contributed by atoms with Gasteiger partial charge in [0, 0.05) is 11.4 Å². The Balaban J connectivity index is 2.38. The zero-order chi connectivity index (χ0) is 20.7. The van der Waals surface area contributed by atoms with Gasteiger partial charge in [-0.15, -0.1) is 0 Å². The summed E-state index contributed by atoms with van der Waals surface area (Å²) in [5.74, 6) is 0. The Morgan fingerprint density at radius 3 is 1.14 bits per heavy atom. The Bertz CT molecular complexity index is 976. The van der Waals surface area contributed by atoms with Crippen molar-refractivity contribution in [3.05, 3.63) is 86.5 Å². The van der Waals surface area contributed by atoms with E-state index in [4.69, 9.17) is 0 Å². The van der Waals surface area contributed by atoms with Gasteiger partial charge in [0.05, 0.1) is 5.69 Å². The van der Waals surface area contributed by atoms with E-state index in [1.807, 2.05) is 0 Å². The number of hydrogen-bond acceptors (Lipinski definition) is 1. The molecule has 0 atom stereocenters. The summed E-state index contributed by atoms with van der Waals surface area (Å²) in [6.45, 7) is 20.0. The Morgan fingerprint density at radius 2 is 0.786 bits per heavy atom. The minimum absolute atomic E-state index is 1.22. The topological polar surface area (TPSA) is 3.24 Å². The van der Waals surface area contributed by atoms with Gasteiger partial charge < -0.3 is 4.90 Å². The van der Waals surface area contributed by atoms with E-state index in [0.29, 0.717) is 0 Å². The fourth-order valence-electron chi connectivity index (χ4n) is 3.95. The second kappa shape index (κ2) is 7.47. The maximum atomic E-state index is 2.45. The standard InChI is InChI=1S/C27H33N/c1-16-10-12-25(14-18(16)3)28(26-13-11-17(2)19(4)15-26)27-23(8)21(6)20(5)22(7)24(27)9/h10-15H,1-9H3. The second-order valence-electron chi connectivity index (χ2n) is 8.35. The quantitative estimate of drug-likeness (QED) is 0.452. The molecular formula is C27H33N. The summed E-state index contributed by atoms with van der Waals surface area (Å²) in [4.78, 5) is 2.45. The molecule has 28 heavy (non-hydrogen) atoms. The summed E-state index contributed by atoms with van der Waals surface area (Å²) < 4.78 is 0. The van der Waals surface area contributed by atoms with E-state index in [-0.39, 0.29) is 0 Å². The maximum Gasteiger partial charge on any atom is 0.0525 e. The van der Waals surface area contributed by atoms with E-state index >= 15 is 0 Å². The summed E-state index contributed by atoms with van der Waals surface area (Å²) in [6.07, 6.45) is 0. The molecule has 0 unspecified atom stereocenters. The normalized spacial score (nSPS) is 11.0. The van der Waals surface area contributed by atoms with Crippen molar-refractivity contribution in [1.29, 1.82) is 0 Å². The van der Waals surface area contributed by atoms with Crippen LogP contribution in [0.4, 0.5) is 17.1 Å².